The zero-order valence-corrected chi connectivity index (χ0v) is 16.9. The van der Waals surface area contributed by atoms with Gasteiger partial charge >= 0.3 is 0 Å². The zero-order valence-electron chi connectivity index (χ0n) is 16.9. The molecule has 1 aliphatic carbocycles. The third kappa shape index (κ3) is 3.61. The van der Waals surface area contributed by atoms with Gasteiger partial charge in [0.05, 0.1) is 13.2 Å². The normalized spacial score (nSPS) is 21.4. The van der Waals surface area contributed by atoms with Gasteiger partial charge in [0.25, 0.3) is 5.56 Å². The number of pyridine rings is 1. The van der Waals surface area contributed by atoms with E-state index in [-0.39, 0.29) is 5.56 Å². The highest BCUT2D eigenvalue weighted by Gasteiger charge is 2.42. The Labute approximate surface area is 170 Å². The molecule has 154 valence electrons. The van der Waals surface area contributed by atoms with Gasteiger partial charge in [0, 0.05) is 56.4 Å². The number of hydrogen-bond acceptors (Lipinski definition) is 5. The standard InChI is InChI=1S/C23H28N2O4/c1-27-14-19-12-17(13-24-22(19)26)16-5-6-21-18(11-16)15-28-23(29-21)7-9-25(10-8-23)20-3-2-4-20/h5-6,11-13,20H,2-4,7-10,14-15H2,1H3,(H,24,26). The maximum Gasteiger partial charge on any atom is 0.253 e. The van der Waals surface area contributed by atoms with Gasteiger partial charge in [-0.25, -0.2) is 0 Å². The average Bonchev–Trinajstić information content (AvgIpc) is 2.70. The summed E-state index contributed by atoms with van der Waals surface area (Å²) >= 11 is 0. The number of methoxy groups -OCH3 is 1. The third-order valence-corrected chi connectivity index (χ3v) is 6.61. The van der Waals surface area contributed by atoms with Crippen LogP contribution in [-0.2, 0) is 22.7 Å². The van der Waals surface area contributed by atoms with Gasteiger partial charge in [0.15, 0.2) is 0 Å². The minimum atomic E-state index is -0.474. The molecule has 1 aromatic carbocycles. The SMILES string of the molecule is COCc1cc(-c2ccc3c(c2)COC2(CCN(C4CCC4)CC2)O3)c[nH]c1=O. The minimum Gasteiger partial charge on any atom is -0.462 e. The summed E-state index contributed by atoms with van der Waals surface area (Å²) in [6, 6.07) is 8.84. The maximum absolute atomic E-state index is 11.9. The summed E-state index contributed by atoms with van der Waals surface area (Å²) in [7, 11) is 1.59. The number of nitrogens with zero attached hydrogens (tertiary/aromatic N) is 1. The summed E-state index contributed by atoms with van der Waals surface area (Å²) < 4.78 is 17.8. The lowest BCUT2D eigenvalue weighted by Gasteiger charge is -2.47. The molecule has 6 nitrogen and oxygen atoms in total. The molecule has 1 aromatic heterocycles. The van der Waals surface area contributed by atoms with Crippen molar-refractivity contribution in [3.05, 3.63) is 51.9 Å². The van der Waals surface area contributed by atoms with E-state index in [1.807, 2.05) is 18.2 Å². The molecule has 0 bridgehead atoms. The van der Waals surface area contributed by atoms with Crippen LogP contribution in [0.25, 0.3) is 11.1 Å². The molecule has 29 heavy (non-hydrogen) atoms. The molecule has 2 aromatic rings. The molecule has 1 saturated carbocycles. The Morgan fingerprint density at radius 2 is 2.03 bits per heavy atom. The number of likely N-dealkylation sites (tertiary alicyclic amines) is 1. The molecule has 2 fully saturated rings. The molecule has 2 aliphatic heterocycles. The number of piperidine rings is 1. The molecule has 0 atom stereocenters. The van der Waals surface area contributed by atoms with Gasteiger partial charge in [-0.3, -0.25) is 9.69 Å². The van der Waals surface area contributed by atoms with Crippen molar-refractivity contribution < 1.29 is 14.2 Å². The number of H-pyrrole nitrogens is 1. The summed E-state index contributed by atoms with van der Waals surface area (Å²) in [6.07, 6.45) is 7.65. The number of aromatic amines is 1. The van der Waals surface area contributed by atoms with Crippen LogP contribution < -0.4 is 10.3 Å². The van der Waals surface area contributed by atoms with Crippen molar-refractivity contribution >= 4 is 0 Å². The van der Waals surface area contributed by atoms with Crippen LogP contribution in [0.3, 0.4) is 0 Å². The highest BCUT2D eigenvalue weighted by atomic mass is 16.7. The highest BCUT2D eigenvalue weighted by Crippen LogP contribution is 2.40. The third-order valence-electron chi connectivity index (χ3n) is 6.61. The number of rotatable bonds is 4. The molecular formula is C23H28N2O4. The minimum absolute atomic E-state index is 0.115. The molecule has 6 heteroatoms. The number of ether oxygens (including phenoxy) is 3. The second-order valence-corrected chi connectivity index (χ2v) is 8.42. The highest BCUT2D eigenvalue weighted by molar-refractivity contribution is 5.65. The lowest BCUT2D eigenvalue weighted by Crippen LogP contribution is -2.54. The predicted molar refractivity (Wildman–Crippen MR) is 110 cm³/mol. The van der Waals surface area contributed by atoms with E-state index in [4.69, 9.17) is 14.2 Å². The Balaban J connectivity index is 1.32. The van der Waals surface area contributed by atoms with Crippen LogP contribution >= 0.6 is 0 Å². The molecule has 5 rings (SSSR count). The molecule has 3 aliphatic rings. The first kappa shape index (κ1) is 18.9. The molecule has 1 saturated heterocycles. The van der Waals surface area contributed by atoms with Crippen LogP contribution in [0.2, 0.25) is 0 Å². The van der Waals surface area contributed by atoms with Gasteiger partial charge in [-0.1, -0.05) is 12.5 Å². The van der Waals surface area contributed by atoms with Crippen LogP contribution in [0.1, 0.15) is 43.2 Å². The molecule has 1 spiro atoms. The monoisotopic (exact) mass is 396 g/mol. The van der Waals surface area contributed by atoms with Crippen molar-refractivity contribution in [2.24, 2.45) is 0 Å². The first-order valence-electron chi connectivity index (χ1n) is 10.6. The topological polar surface area (TPSA) is 63.8 Å². The van der Waals surface area contributed by atoms with Crippen LogP contribution in [0, 0.1) is 0 Å². The number of hydrogen-bond donors (Lipinski definition) is 1. The average molecular weight is 396 g/mol. The summed E-state index contributed by atoms with van der Waals surface area (Å²) in [6.45, 7) is 2.96. The lowest BCUT2D eigenvalue weighted by atomic mass is 9.89. The molecular weight excluding hydrogens is 368 g/mol. The fourth-order valence-electron chi connectivity index (χ4n) is 4.60. The smallest absolute Gasteiger partial charge is 0.253 e. The molecule has 1 N–H and O–H groups in total. The Kier molecular flexibility index (Phi) is 4.94. The molecule has 0 radical (unpaired) electrons. The molecule has 3 heterocycles. The summed E-state index contributed by atoms with van der Waals surface area (Å²) in [5.74, 6) is 0.442. The Morgan fingerprint density at radius 3 is 2.76 bits per heavy atom. The largest absolute Gasteiger partial charge is 0.462 e. The van der Waals surface area contributed by atoms with Crippen molar-refractivity contribution in [2.75, 3.05) is 20.2 Å². The fraction of sp³-hybridized carbons (Fsp3) is 0.522. The summed E-state index contributed by atoms with van der Waals surface area (Å²) in [4.78, 5) is 17.3. The number of aromatic nitrogens is 1. The first-order valence-corrected chi connectivity index (χ1v) is 10.6. The Bertz CT molecular complexity index is 942. The molecule has 0 unspecified atom stereocenters. The van der Waals surface area contributed by atoms with Crippen molar-refractivity contribution in [1.29, 1.82) is 0 Å². The van der Waals surface area contributed by atoms with Gasteiger partial charge in [-0.05, 0) is 42.2 Å². The summed E-state index contributed by atoms with van der Waals surface area (Å²) in [5.41, 5.74) is 3.53. The maximum atomic E-state index is 11.9. The predicted octanol–water partition coefficient (Wildman–Crippen LogP) is 3.44. The van der Waals surface area contributed by atoms with Gasteiger partial charge in [-0.15, -0.1) is 0 Å². The number of fused-ring (bicyclic) bond motifs is 1. The van der Waals surface area contributed by atoms with E-state index in [0.717, 1.165) is 54.4 Å². The van der Waals surface area contributed by atoms with E-state index >= 15 is 0 Å². The van der Waals surface area contributed by atoms with Crippen molar-refractivity contribution in [3.63, 3.8) is 0 Å². The van der Waals surface area contributed by atoms with E-state index < -0.39 is 5.79 Å². The second-order valence-electron chi connectivity index (χ2n) is 8.42. The van der Waals surface area contributed by atoms with Crippen molar-refractivity contribution in [1.82, 2.24) is 9.88 Å². The van der Waals surface area contributed by atoms with Gasteiger partial charge in [0.2, 0.25) is 5.79 Å². The van der Waals surface area contributed by atoms with Gasteiger partial charge in [-0.2, -0.15) is 0 Å². The van der Waals surface area contributed by atoms with Crippen LogP contribution in [0.5, 0.6) is 5.75 Å². The summed E-state index contributed by atoms with van der Waals surface area (Å²) in [5, 5.41) is 0. The van der Waals surface area contributed by atoms with E-state index in [9.17, 15) is 4.79 Å². The number of benzene rings is 1. The van der Waals surface area contributed by atoms with Crippen LogP contribution in [0.4, 0.5) is 0 Å². The van der Waals surface area contributed by atoms with E-state index in [1.54, 1.807) is 13.3 Å². The molecule has 0 amide bonds. The van der Waals surface area contributed by atoms with E-state index in [2.05, 4.69) is 16.0 Å². The van der Waals surface area contributed by atoms with Gasteiger partial charge < -0.3 is 19.2 Å². The van der Waals surface area contributed by atoms with Gasteiger partial charge in [0.1, 0.15) is 5.75 Å². The van der Waals surface area contributed by atoms with Crippen LogP contribution in [-0.4, -0.2) is 41.9 Å². The Hall–Kier alpha value is -2.15. The first-order chi connectivity index (χ1) is 14.2. The lowest BCUT2D eigenvalue weighted by molar-refractivity contribution is -0.231. The van der Waals surface area contributed by atoms with Crippen molar-refractivity contribution in [3.8, 4) is 16.9 Å². The van der Waals surface area contributed by atoms with Crippen molar-refractivity contribution in [2.45, 2.75) is 57.1 Å². The Morgan fingerprint density at radius 1 is 1.21 bits per heavy atom. The zero-order chi connectivity index (χ0) is 19.8. The van der Waals surface area contributed by atoms with Crippen LogP contribution in [0.15, 0.2) is 35.3 Å². The fourth-order valence-corrected chi connectivity index (χ4v) is 4.60. The van der Waals surface area contributed by atoms with E-state index in [0.29, 0.717) is 18.8 Å². The van der Waals surface area contributed by atoms with E-state index in [1.165, 1.54) is 19.3 Å². The number of nitrogens with one attached hydrogen (secondary N) is 1. The quantitative estimate of drug-likeness (QED) is 0.858. The second kappa shape index (κ2) is 7.59.